The van der Waals surface area contributed by atoms with Crippen molar-refractivity contribution in [3.05, 3.63) is 0 Å². The van der Waals surface area contributed by atoms with E-state index in [0.29, 0.717) is 0 Å². The Labute approximate surface area is 153 Å². The predicted octanol–water partition coefficient (Wildman–Crippen LogP) is 5.24. The Morgan fingerprint density at radius 2 is 1.27 bits per heavy atom. The van der Waals surface area contributed by atoms with Crippen molar-refractivity contribution in [2.24, 2.45) is 0 Å². The van der Waals surface area contributed by atoms with Gasteiger partial charge in [-0.3, -0.25) is 0 Å². The lowest BCUT2D eigenvalue weighted by molar-refractivity contribution is 0.0913. The molecule has 0 bridgehead atoms. The highest BCUT2D eigenvalue weighted by Crippen LogP contribution is 2.24. The predicted molar refractivity (Wildman–Crippen MR) is 103 cm³/mol. The summed E-state index contributed by atoms with van der Waals surface area (Å²) < 4.78 is 22.6. The summed E-state index contributed by atoms with van der Waals surface area (Å²) in [4.78, 5) is 0. The molecule has 0 aliphatic heterocycles. The minimum Gasteiger partial charge on any atom is -0.316 e. The van der Waals surface area contributed by atoms with Crippen molar-refractivity contribution in [2.75, 3.05) is 31.6 Å². The first-order chi connectivity index (χ1) is 10.7. The van der Waals surface area contributed by atoms with Crippen LogP contribution in [0, 0.1) is 0 Å². The zero-order valence-electron chi connectivity index (χ0n) is 14.2. The van der Waals surface area contributed by atoms with Crippen molar-refractivity contribution in [1.82, 2.24) is 0 Å². The van der Waals surface area contributed by atoms with Crippen LogP contribution in [0.2, 0.25) is 0 Å². The van der Waals surface area contributed by atoms with Crippen LogP contribution in [0.3, 0.4) is 0 Å². The van der Waals surface area contributed by atoms with Gasteiger partial charge < -0.3 is 16.7 Å². The summed E-state index contributed by atoms with van der Waals surface area (Å²) >= 11 is 5.68. The van der Waals surface area contributed by atoms with Gasteiger partial charge in [-0.05, 0) is 67.4 Å². The van der Waals surface area contributed by atoms with Crippen LogP contribution in [-0.2, 0) is 16.7 Å². The molecule has 4 nitrogen and oxygen atoms in total. The van der Waals surface area contributed by atoms with Crippen LogP contribution in [-0.4, -0.2) is 49.9 Å². The monoisotopic (exact) mass is 390 g/mol. The minimum atomic E-state index is 0.144. The molecule has 22 heavy (non-hydrogen) atoms. The van der Waals surface area contributed by atoms with Crippen LogP contribution >= 0.6 is 48.2 Å². The second-order valence-corrected chi connectivity index (χ2v) is 6.81. The zero-order chi connectivity index (χ0) is 16.6. The van der Waals surface area contributed by atoms with Gasteiger partial charge in [0.2, 0.25) is 0 Å². The third-order valence-electron chi connectivity index (χ3n) is 3.08. The maximum Gasteiger partial charge on any atom is 0.0772 e. The van der Waals surface area contributed by atoms with E-state index in [4.69, 9.17) is 16.7 Å². The van der Waals surface area contributed by atoms with E-state index in [2.05, 4.69) is 6.92 Å². The van der Waals surface area contributed by atoms with Crippen molar-refractivity contribution >= 4 is 48.2 Å². The summed E-state index contributed by atoms with van der Waals surface area (Å²) in [6.45, 7) is 2.91. The molecule has 0 aromatic rings. The van der Waals surface area contributed by atoms with Gasteiger partial charge in [-0.2, -0.15) is 0 Å². The maximum absolute atomic E-state index is 5.83. The van der Waals surface area contributed by atoms with E-state index in [0.717, 1.165) is 38.7 Å². The molecule has 0 rings (SSSR count). The summed E-state index contributed by atoms with van der Waals surface area (Å²) in [6.07, 6.45) is 13.1. The Morgan fingerprint density at radius 1 is 0.727 bits per heavy atom. The molecule has 0 heterocycles. The van der Waals surface area contributed by atoms with Gasteiger partial charge in [-0.1, -0.05) is 6.92 Å². The van der Waals surface area contributed by atoms with Gasteiger partial charge >= 0.3 is 0 Å². The Balaban J connectivity index is 4.35. The molecule has 0 saturated carbocycles. The average Bonchev–Trinajstić information content (AvgIpc) is 2.51. The van der Waals surface area contributed by atoms with Gasteiger partial charge in [-0.15, -0.1) is 0 Å². The van der Waals surface area contributed by atoms with Crippen molar-refractivity contribution in [3.8, 4) is 0 Å². The second kappa shape index (κ2) is 17.1. The second-order valence-electron chi connectivity index (χ2n) is 4.67. The lowest BCUT2D eigenvalue weighted by atomic mass is 10.0. The maximum atomic E-state index is 5.83. The van der Waals surface area contributed by atoms with E-state index in [1.807, 2.05) is 25.0 Å². The lowest BCUT2D eigenvalue weighted by Gasteiger charge is -2.25. The van der Waals surface area contributed by atoms with Gasteiger partial charge in [0, 0.05) is 37.9 Å². The van der Waals surface area contributed by atoms with E-state index in [9.17, 15) is 0 Å². The molecule has 0 aliphatic rings. The fourth-order valence-electron chi connectivity index (χ4n) is 2.10. The smallest absolute Gasteiger partial charge is 0.0772 e. The van der Waals surface area contributed by atoms with Crippen LogP contribution in [0.4, 0.5) is 0 Å². The van der Waals surface area contributed by atoms with Crippen LogP contribution in [0.5, 0.6) is 0 Å². The largest absolute Gasteiger partial charge is 0.316 e. The highest BCUT2D eigenvalue weighted by molar-refractivity contribution is 7.94. The summed E-state index contributed by atoms with van der Waals surface area (Å²) in [5, 5.41) is 0. The van der Waals surface area contributed by atoms with E-state index in [1.165, 1.54) is 48.2 Å². The van der Waals surface area contributed by atoms with Gasteiger partial charge in [0.15, 0.2) is 0 Å². The number of hydrogen-bond acceptors (Lipinski definition) is 8. The highest BCUT2D eigenvalue weighted by atomic mass is 32.2. The summed E-state index contributed by atoms with van der Waals surface area (Å²) in [7, 11) is 0. The Bertz CT molecular complexity index is 237. The van der Waals surface area contributed by atoms with E-state index < -0.39 is 0 Å². The molecule has 0 radical (unpaired) electrons. The average molecular weight is 391 g/mol. The van der Waals surface area contributed by atoms with Crippen LogP contribution in [0.1, 0.15) is 39.0 Å². The first-order valence-electron chi connectivity index (χ1n) is 7.45. The number of hydrogen-bond donors (Lipinski definition) is 0. The van der Waals surface area contributed by atoms with E-state index >= 15 is 0 Å². The fraction of sp³-hybridized carbons (Fsp3) is 1.00. The molecule has 0 N–H and O–H groups in total. The highest BCUT2D eigenvalue weighted by Gasteiger charge is 2.22. The molecule has 0 spiro atoms. The van der Waals surface area contributed by atoms with Gasteiger partial charge in [0.05, 0.1) is 24.9 Å². The zero-order valence-corrected chi connectivity index (χ0v) is 17.5. The molecular weight excluding hydrogens is 360 g/mol. The normalized spacial score (nSPS) is 15.7. The summed E-state index contributed by atoms with van der Waals surface area (Å²) in [5.74, 6) is 0. The molecule has 134 valence electrons. The lowest BCUT2D eigenvalue weighted by Crippen LogP contribution is -2.25. The Morgan fingerprint density at radius 3 is 1.82 bits per heavy atom. The molecule has 0 aromatic carbocycles. The van der Waals surface area contributed by atoms with Crippen molar-refractivity contribution in [2.45, 2.75) is 57.3 Å². The molecule has 0 fully saturated rings. The quantitative estimate of drug-likeness (QED) is 0.261. The minimum absolute atomic E-state index is 0.144. The van der Waals surface area contributed by atoms with Crippen molar-refractivity contribution < 1.29 is 16.7 Å². The SMILES string of the molecule is CCC(CC(CC(CCCOSC)OSC)OSC)OSC. The van der Waals surface area contributed by atoms with Gasteiger partial charge in [0.25, 0.3) is 0 Å². The summed E-state index contributed by atoms with van der Waals surface area (Å²) in [6, 6.07) is 0. The third-order valence-corrected chi connectivity index (χ3v) is 4.87. The third kappa shape index (κ3) is 12.6. The first kappa shape index (κ1) is 23.2. The fourth-order valence-corrected chi connectivity index (χ4v) is 3.75. The number of rotatable bonds is 16. The van der Waals surface area contributed by atoms with E-state index in [-0.39, 0.29) is 18.3 Å². The first-order valence-corrected chi connectivity index (χ1v) is 12.1. The molecule has 0 saturated heterocycles. The molecule has 0 aromatic heterocycles. The van der Waals surface area contributed by atoms with Crippen LogP contribution in [0.15, 0.2) is 0 Å². The molecule has 0 aliphatic carbocycles. The van der Waals surface area contributed by atoms with Crippen molar-refractivity contribution in [3.63, 3.8) is 0 Å². The van der Waals surface area contributed by atoms with Gasteiger partial charge in [0.1, 0.15) is 0 Å². The molecule has 0 amide bonds. The topological polar surface area (TPSA) is 36.9 Å². The molecule has 3 atom stereocenters. The Kier molecular flexibility index (Phi) is 18.0. The Hall–Kier alpha value is 1.24. The summed E-state index contributed by atoms with van der Waals surface area (Å²) in [5.41, 5.74) is 0. The molecular formula is C14H30O4S4. The van der Waals surface area contributed by atoms with Crippen LogP contribution in [0.25, 0.3) is 0 Å². The van der Waals surface area contributed by atoms with Crippen molar-refractivity contribution in [1.29, 1.82) is 0 Å². The van der Waals surface area contributed by atoms with Crippen LogP contribution < -0.4 is 0 Å². The van der Waals surface area contributed by atoms with E-state index in [1.54, 1.807) is 0 Å². The molecule has 3 unspecified atom stereocenters. The standard InChI is InChI=1S/C14H30O4S4/c1-6-12(16-20-3)10-14(18-22-5)11-13(17-21-4)8-7-9-15-19-2/h12-14H,6-11H2,1-5H3. The molecule has 8 heteroatoms. The van der Waals surface area contributed by atoms with Gasteiger partial charge in [-0.25, -0.2) is 0 Å².